The third-order valence-corrected chi connectivity index (χ3v) is 4.29. The molecular formula is C19H23NO5. The predicted octanol–water partition coefficient (Wildman–Crippen LogP) is 3.10. The molecule has 0 bridgehead atoms. The van der Waals surface area contributed by atoms with Gasteiger partial charge in [0, 0.05) is 36.4 Å². The normalized spacial score (nSPS) is 12.0. The summed E-state index contributed by atoms with van der Waals surface area (Å²) < 4.78 is 4.88. The number of aromatic nitrogens is 1. The lowest BCUT2D eigenvalue weighted by Gasteiger charge is -2.14. The number of Topliss-reactive ketones (excluding diaryl/α,β-unsaturated/α-hetero) is 1. The maximum atomic E-state index is 12.1. The van der Waals surface area contributed by atoms with Crippen molar-refractivity contribution in [1.82, 2.24) is 4.98 Å². The van der Waals surface area contributed by atoms with E-state index >= 15 is 0 Å². The number of hydrogen-bond donors (Lipinski definition) is 2. The van der Waals surface area contributed by atoms with Crippen LogP contribution in [0, 0.1) is 5.92 Å². The van der Waals surface area contributed by atoms with Gasteiger partial charge >= 0.3 is 11.9 Å². The van der Waals surface area contributed by atoms with Gasteiger partial charge < -0.3 is 14.8 Å². The Balaban J connectivity index is 1.96. The van der Waals surface area contributed by atoms with E-state index in [1.807, 2.05) is 30.5 Å². The number of methoxy groups -OCH3 is 1. The summed E-state index contributed by atoms with van der Waals surface area (Å²) in [5.74, 6) is -1.65. The van der Waals surface area contributed by atoms with Crippen LogP contribution in [0.25, 0.3) is 10.9 Å². The summed E-state index contributed by atoms with van der Waals surface area (Å²) in [7, 11) is 1.35. The molecular weight excluding hydrogens is 322 g/mol. The van der Waals surface area contributed by atoms with Crippen LogP contribution >= 0.6 is 0 Å². The molecule has 134 valence electrons. The molecule has 6 heteroatoms. The van der Waals surface area contributed by atoms with Gasteiger partial charge in [-0.1, -0.05) is 18.2 Å². The average Bonchev–Trinajstić information content (AvgIpc) is 3.00. The molecule has 0 aliphatic carbocycles. The quantitative estimate of drug-likeness (QED) is 0.645. The highest BCUT2D eigenvalue weighted by Gasteiger charge is 2.22. The van der Waals surface area contributed by atoms with E-state index in [-0.39, 0.29) is 31.0 Å². The van der Waals surface area contributed by atoms with E-state index < -0.39 is 11.9 Å². The number of ether oxygens (including phenoxy) is 1. The lowest BCUT2D eigenvalue weighted by atomic mass is 9.93. The highest BCUT2D eigenvalue weighted by Crippen LogP contribution is 2.23. The van der Waals surface area contributed by atoms with Crippen LogP contribution in [0.5, 0.6) is 0 Å². The standard InChI is InChI=1S/C19H23NO5/c1-25-19(24)13(9-10-15(21)5-4-8-18(22)23)11-14-12-20-17-7-3-2-6-16(14)17/h2-3,6-7,12-13,20H,4-5,8-11H2,1H3,(H,22,23). The molecule has 0 amide bonds. The average molecular weight is 345 g/mol. The minimum atomic E-state index is -0.903. The first-order chi connectivity index (χ1) is 12.0. The number of ketones is 1. The Bertz CT molecular complexity index is 749. The van der Waals surface area contributed by atoms with Crippen LogP contribution in [0.15, 0.2) is 30.5 Å². The first kappa shape index (κ1) is 18.7. The molecule has 1 aromatic carbocycles. The molecule has 1 aromatic heterocycles. The first-order valence-electron chi connectivity index (χ1n) is 8.37. The van der Waals surface area contributed by atoms with Crippen LogP contribution < -0.4 is 0 Å². The Hall–Kier alpha value is -2.63. The lowest BCUT2D eigenvalue weighted by Crippen LogP contribution is -2.20. The number of carbonyl (C=O) groups is 3. The van der Waals surface area contributed by atoms with Crippen LogP contribution in [0.4, 0.5) is 0 Å². The molecule has 1 unspecified atom stereocenters. The zero-order valence-electron chi connectivity index (χ0n) is 14.3. The van der Waals surface area contributed by atoms with Crippen molar-refractivity contribution in [2.24, 2.45) is 5.92 Å². The fraction of sp³-hybridized carbons (Fsp3) is 0.421. The number of hydrogen-bond acceptors (Lipinski definition) is 4. The smallest absolute Gasteiger partial charge is 0.309 e. The van der Waals surface area contributed by atoms with Crippen molar-refractivity contribution in [2.75, 3.05) is 7.11 Å². The number of aliphatic carboxylic acids is 1. The van der Waals surface area contributed by atoms with Crippen molar-refractivity contribution in [2.45, 2.75) is 38.5 Å². The van der Waals surface area contributed by atoms with Crippen molar-refractivity contribution in [1.29, 1.82) is 0 Å². The van der Waals surface area contributed by atoms with Crippen LogP contribution in [0.1, 0.15) is 37.7 Å². The number of H-pyrrole nitrogens is 1. The maximum Gasteiger partial charge on any atom is 0.309 e. The number of carboxylic acids is 1. The molecule has 0 saturated heterocycles. The van der Waals surface area contributed by atoms with E-state index in [4.69, 9.17) is 9.84 Å². The number of nitrogens with one attached hydrogen (secondary N) is 1. The van der Waals surface area contributed by atoms with Crippen LogP contribution in [0.3, 0.4) is 0 Å². The number of para-hydroxylation sites is 1. The van der Waals surface area contributed by atoms with Gasteiger partial charge in [-0.2, -0.15) is 0 Å². The monoisotopic (exact) mass is 345 g/mol. The summed E-state index contributed by atoms with van der Waals surface area (Å²) >= 11 is 0. The Labute approximate surface area is 146 Å². The number of fused-ring (bicyclic) bond motifs is 1. The number of esters is 1. The highest BCUT2D eigenvalue weighted by molar-refractivity contribution is 5.84. The topological polar surface area (TPSA) is 96.5 Å². The molecule has 0 radical (unpaired) electrons. The summed E-state index contributed by atoms with van der Waals surface area (Å²) in [6, 6.07) is 7.85. The van der Waals surface area contributed by atoms with E-state index in [9.17, 15) is 14.4 Å². The van der Waals surface area contributed by atoms with Crippen molar-refractivity contribution < 1.29 is 24.2 Å². The van der Waals surface area contributed by atoms with Crippen molar-refractivity contribution >= 4 is 28.6 Å². The van der Waals surface area contributed by atoms with E-state index in [0.717, 1.165) is 16.5 Å². The summed E-state index contributed by atoms with van der Waals surface area (Å²) in [5.41, 5.74) is 2.02. The second-order valence-electron chi connectivity index (χ2n) is 6.11. The minimum absolute atomic E-state index is 0.0124. The lowest BCUT2D eigenvalue weighted by molar-refractivity contribution is -0.145. The number of carbonyl (C=O) groups excluding carboxylic acids is 2. The number of rotatable bonds is 10. The number of carboxylic acid groups (broad SMARTS) is 1. The van der Waals surface area contributed by atoms with Gasteiger partial charge in [0.15, 0.2) is 0 Å². The van der Waals surface area contributed by atoms with E-state index in [0.29, 0.717) is 19.3 Å². The predicted molar refractivity (Wildman–Crippen MR) is 93.2 cm³/mol. The summed E-state index contributed by atoms with van der Waals surface area (Å²) in [6.07, 6.45) is 3.59. The molecule has 2 N–H and O–H groups in total. The molecule has 0 fully saturated rings. The van der Waals surface area contributed by atoms with Crippen LogP contribution in [0.2, 0.25) is 0 Å². The maximum absolute atomic E-state index is 12.1. The summed E-state index contributed by atoms with van der Waals surface area (Å²) in [6.45, 7) is 0. The van der Waals surface area contributed by atoms with Gasteiger partial charge in [-0.15, -0.1) is 0 Å². The van der Waals surface area contributed by atoms with Gasteiger partial charge in [0.25, 0.3) is 0 Å². The largest absolute Gasteiger partial charge is 0.481 e. The van der Waals surface area contributed by atoms with Crippen LogP contribution in [-0.2, 0) is 25.5 Å². The van der Waals surface area contributed by atoms with Crippen LogP contribution in [-0.4, -0.2) is 34.9 Å². The number of benzene rings is 1. The second kappa shape index (κ2) is 9.01. The highest BCUT2D eigenvalue weighted by atomic mass is 16.5. The minimum Gasteiger partial charge on any atom is -0.481 e. The molecule has 1 heterocycles. The molecule has 0 aliphatic rings. The molecule has 6 nitrogen and oxygen atoms in total. The first-order valence-corrected chi connectivity index (χ1v) is 8.37. The Morgan fingerprint density at radius 1 is 1.16 bits per heavy atom. The van der Waals surface area contributed by atoms with Gasteiger partial charge in [-0.25, -0.2) is 0 Å². The Morgan fingerprint density at radius 2 is 1.92 bits per heavy atom. The van der Waals surface area contributed by atoms with Gasteiger partial charge in [0.2, 0.25) is 0 Å². The molecule has 0 aliphatic heterocycles. The molecule has 1 atom stereocenters. The van der Waals surface area contributed by atoms with Crippen molar-refractivity contribution in [3.05, 3.63) is 36.0 Å². The van der Waals surface area contributed by atoms with Gasteiger partial charge in [-0.05, 0) is 30.9 Å². The van der Waals surface area contributed by atoms with Crippen molar-refractivity contribution in [3.63, 3.8) is 0 Å². The number of aromatic amines is 1. The van der Waals surface area contributed by atoms with Gasteiger partial charge in [-0.3, -0.25) is 14.4 Å². The zero-order valence-corrected chi connectivity index (χ0v) is 14.3. The summed E-state index contributed by atoms with van der Waals surface area (Å²) in [5, 5.41) is 9.66. The van der Waals surface area contributed by atoms with E-state index in [2.05, 4.69) is 4.98 Å². The molecule has 25 heavy (non-hydrogen) atoms. The SMILES string of the molecule is COC(=O)C(CCC(=O)CCCC(=O)O)Cc1c[nH]c2ccccc12. The van der Waals surface area contributed by atoms with E-state index in [1.54, 1.807) is 0 Å². The Kier molecular flexibility index (Phi) is 6.74. The fourth-order valence-electron chi connectivity index (χ4n) is 2.93. The molecule has 2 rings (SSSR count). The van der Waals surface area contributed by atoms with E-state index in [1.165, 1.54) is 7.11 Å². The zero-order chi connectivity index (χ0) is 18.2. The van der Waals surface area contributed by atoms with Gasteiger partial charge in [0.1, 0.15) is 5.78 Å². The molecule has 0 saturated carbocycles. The Morgan fingerprint density at radius 3 is 2.64 bits per heavy atom. The van der Waals surface area contributed by atoms with Crippen molar-refractivity contribution in [3.8, 4) is 0 Å². The third-order valence-electron chi connectivity index (χ3n) is 4.29. The summed E-state index contributed by atoms with van der Waals surface area (Å²) in [4.78, 5) is 37.6. The second-order valence-corrected chi connectivity index (χ2v) is 6.11. The fourth-order valence-corrected chi connectivity index (χ4v) is 2.93. The molecule has 0 spiro atoms. The third kappa shape index (κ3) is 5.45. The molecule has 2 aromatic rings. The van der Waals surface area contributed by atoms with Gasteiger partial charge in [0.05, 0.1) is 13.0 Å².